The van der Waals surface area contributed by atoms with Gasteiger partial charge in [0.25, 0.3) is 0 Å². The normalized spacial score (nSPS) is 10.3. The van der Waals surface area contributed by atoms with Gasteiger partial charge in [-0.3, -0.25) is 0 Å². The number of hydrogen-bond acceptors (Lipinski definition) is 4. The largest absolute Gasteiger partial charge is 0.497 e. The Balaban J connectivity index is 2.08. The molecule has 1 heterocycles. The summed E-state index contributed by atoms with van der Waals surface area (Å²) >= 11 is 1.78. The third-order valence-electron chi connectivity index (χ3n) is 2.84. The van der Waals surface area contributed by atoms with E-state index in [0.29, 0.717) is 5.69 Å². The molecule has 0 radical (unpaired) electrons. The van der Waals surface area contributed by atoms with Gasteiger partial charge in [-0.2, -0.15) is 0 Å². The molecule has 0 unspecified atom stereocenters. The monoisotopic (exact) mass is 262 g/mol. The molecule has 18 heavy (non-hydrogen) atoms. The third kappa shape index (κ3) is 2.96. The summed E-state index contributed by atoms with van der Waals surface area (Å²) in [5.41, 5.74) is 8.92. The lowest BCUT2D eigenvalue weighted by Crippen LogP contribution is -2.01. The molecule has 0 aliphatic carbocycles. The van der Waals surface area contributed by atoms with Crippen LogP contribution in [0.5, 0.6) is 5.75 Å². The number of methoxy groups -OCH3 is 1. The molecule has 2 aromatic rings. The van der Waals surface area contributed by atoms with Gasteiger partial charge in [0.05, 0.1) is 7.11 Å². The van der Waals surface area contributed by atoms with E-state index >= 15 is 0 Å². The summed E-state index contributed by atoms with van der Waals surface area (Å²) in [6, 6.07) is 7.87. The van der Waals surface area contributed by atoms with Crippen molar-refractivity contribution in [3.63, 3.8) is 0 Å². The van der Waals surface area contributed by atoms with Crippen LogP contribution in [0.25, 0.3) is 0 Å². The molecule has 0 bridgehead atoms. The van der Waals surface area contributed by atoms with Crippen LogP contribution < -0.4 is 15.8 Å². The number of benzene rings is 1. The summed E-state index contributed by atoms with van der Waals surface area (Å²) in [4.78, 5) is 1.37. The van der Waals surface area contributed by atoms with Crippen molar-refractivity contribution in [1.29, 1.82) is 0 Å². The molecule has 96 valence electrons. The van der Waals surface area contributed by atoms with Crippen LogP contribution in [0.3, 0.4) is 0 Å². The minimum absolute atomic E-state index is 0.707. The van der Waals surface area contributed by atoms with Crippen molar-refractivity contribution >= 4 is 22.7 Å². The van der Waals surface area contributed by atoms with Crippen molar-refractivity contribution in [2.75, 3.05) is 18.2 Å². The Morgan fingerprint density at radius 1 is 1.33 bits per heavy atom. The van der Waals surface area contributed by atoms with Crippen LogP contribution in [0.2, 0.25) is 0 Å². The maximum atomic E-state index is 5.82. The van der Waals surface area contributed by atoms with Gasteiger partial charge >= 0.3 is 0 Å². The second-order valence-corrected chi connectivity index (χ2v) is 5.07. The Hall–Kier alpha value is -1.68. The lowest BCUT2D eigenvalue weighted by atomic mass is 10.2. The summed E-state index contributed by atoms with van der Waals surface area (Å²) in [7, 11) is 1.65. The Kier molecular flexibility index (Phi) is 4.10. The first-order chi connectivity index (χ1) is 8.72. The van der Waals surface area contributed by atoms with E-state index in [4.69, 9.17) is 10.5 Å². The first-order valence-corrected chi connectivity index (χ1v) is 6.84. The molecule has 1 aromatic heterocycles. The number of aryl methyl sites for hydroxylation is 1. The highest BCUT2D eigenvalue weighted by Gasteiger charge is 2.03. The van der Waals surface area contributed by atoms with E-state index in [1.807, 2.05) is 18.2 Å². The molecule has 0 spiro atoms. The number of thiophene rings is 1. The van der Waals surface area contributed by atoms with Crippen LogP contribution in [0.15, 0.2) is 29.6 Å². The SMILES string of the molecule is CCc1ccsc1CNc1cc(N)cc(OC)c1. The van der Waals surface area contributed by atoms with Crippen molar-refractivity contribution in [3.8, 4) is 5.75 Å². The van der Waals surface area contributed by atoms with Gasteiger partial charge in [-0.05, 0) is 29.5 Å². The number of anilines is 2. The maximum Gasteiger partial charge on any atom is 0.122 e. The molecule has 1 aromatic carbocycles. The van der Waals surface area contributed by atoms with Crippen LogP contribution >= 0.6 is 11.3 Å². The molecule has 3 nitrogen and oxygen atoms in total. The molecule has 0 saturated carbocycles. The predicted molar refractivity (Wildman–Crippen MR) is 78.4 cm³/mol. The lowest BCUT2D eigenvalue weighted by molar-refractivity contribution is 0.415. The first-order valence-electron chi connectivity index (χ1n) is 5.96. The quantitative estimate of drug-likeness (QED) is 0.811. The Morgan fingerprint density at radius 3 is 2.89 bits per heavy atom. The second kappa shape index (κ2) is 5.78. The molecule has 0 fully saturated rings. The molecule has 0 atom stereocenters. The van der Waals surface area contributed by atoms with Gasteiger partial charge in [0, 0.05) is 34.9 Å². The van der Waals surface area contributed by atoms with Crippen molar-refractivity contribution in [2.45, 2.75) is 19.9 Å². The summed E-state index contributed by atoms with van der Waals surface area (Å²) < 4.78 is 5.20. The molecule has 0 aliphatic heterocycles. The van der Waals surface area contributed by atoms with E-state index in [1.54, 1.807) is 18.4 Å². The highest BCUT2D eigenvalue weighted by atomic mass is 32.1. The second-order valence-electron chi connectivity index (χ2n) is 4.07. The standard InChI is InChI=1S/C14H18N2OS/c1-3-10-4-5-18-14(10)9-16-12-6-11(15)7-13(8-12)17-2/h4-8,16H,3,9,15H2,1-2H3. The minimum atomic E-state index is 0.707. The fraction of sp³-hybridized carbons (Fsp3) is 0.286. The maximum absolute atomic E-state index is 5.82. The van der Waals surface area contributed by atoms with Gasteiger partial charge < -0.3 is 15.8 Å². The Bertz CT molecular complexity index is 522. The zero-order valence-electron chi connectivity index (χ0n) is 10.7. The predicted octanol–water partition coefficient (Wildman–Crippen LogP) is 3.51. The zero-order chi connectivity index (χ0) is 13.0. The molecule has 0 saturated heterocycles. The summed E-state index contributed by atoms with van der Waals surface area (Å²) in [6.45, 7) is 3.00. The van der Waals surface area contributed by atoms with Crippen molar-refractivity contribution in [3.05, 3.63) is 40.1 Å². The number of nitrogens with two attached hydrogens (primary N) is 1. The zero-order valence-corrected chi connectivity index (χ0v) is 11.5. The fourth-order valence-electron chi connectivity index (χ4n) is 1.86. The highest BCUT2D eigenvalue weighted by molar-refractivity contribution is 7.10. The van der Waals surface area contributed by atoms with Crippen molar-refractivity contribution < 1.29 is 4.74 Å². The summed E-state index contributed by atoms with van der Waals surface area (Å²) in [6.07, 6.45) is 1.07. The van der Waals surface area contributed by atoms with Gasteiger partial charge in [0.1, 0.15) is 5.75 Å². The van der Waals surface area contributed by atoms with Gasteiger partial charge in [-0.25, -0.2) is 0 Å². The molecule has 4 heteroatoms. The van der Waals surface area contributed by atoms with E-state index in [-0.39, 0.29) is 0 Å². The molecule has 0 aliphatic rings. The van der Waals surface area contributed by atoms with E-state index in [1.165, 1.54) is 10.4 Å². The Morgan fingerprint density at radius 2 is 2.17 bits per heavy atom. The number of nitrogens with one attached hydrogen (secondary N) is 1. The van der Waals surface area contributed by atoms with Gasteiger partial charge in [0.15, 0.2) is 0 Å². The van der Waals surface area contributed by atoms with Crippen molar-refractivity contribution in [1.82, 2.24) is 0 Å². The van der Waals surface area contributed by atoms with Crippen LogP contribution in [-0.4, -0.2) is 7.11 Å². The topological polar surface area (TPSA) is 47.3 Å². The van der Waals surface area contributed by atoms with E-state index in [0.717, 1.165) is 24.4 Å². The summed E-state index contributed by atoms with van der Waals surface area (Å²) in [5.74, 6) is 0.777. The molecule has 0 amide bonds. The fourth-order valence-corrected chi connectivity index (χ4v) is 2.78. The van der Waals surface area contributed by atoms with Gasteiger partial charge in [0.2, 0.25) is 0 Å². The molecular formula is C14H18N2OS. The van der Waals surface area contributed by atoms with E-state index in [9.17, 15) is 0 Å². The number of hydrogen-bond donors (Lipinski definition) is 2. The third-order valence-corrected chi connectivity index (χ3v) is 3.80. The lowest BCUT2D eigenvalue weighted by Gasteiger charge is -2.09. The first kappa shape index (κ1) is 12.8. The molecular weight excluding hydrogens is 244 g/mol. The Labute approximate surface area is 112 Å². The number of rotatable bonds is 5. The average Bonchev–Trinajstić information content (AvgIpc) is 2.83. The van der Waals surface area contributed by atoms with Crippen molar-refractivity contribution in [2.24, 2.45) is 0 Å². The smallest absolute Gasteiger partial charge is 0.122 e. The molecule has 3 N–H and O–H groups in total. The highest BCUT2D eigenvalue weighted by Crippen LogP contribution is 2.24. The average molecular weight is 262 g/mol. The van der Waals surface area contributed by atoms with Crippen LogP contribution in [-0.2, 0) is 13.0 Å². The van der Waals surface area contributed by atoms with Crippen LogP contribution in [0.4, 0.5) is 11.4 Å². The van der Waals surface area contributed by atoms with E-state index in [2.05, 4.69) is 23.7 Å². The van der Waals surface area contributed by atoms with Crippen LogP contribution in [0.1, 0.15) is 17.4 Å². The minimum Gasteiger partial charge on any atom is -0.497 e. The summed E-state index contributed by atoms with van der Waals surface area (Å²) in [5, 5.41) is 5.52. The van der Waals surface area contributed by atoms with Gasteiger partial charge in [-0.1, -0.05) is 6.92 Å². The molecule has 2 rings (SSSR count). The number of ether oxygens (including phenoxy) is 1. The van der Waals surface area contributed by atoms with Gasteiger partial charge in [-0.15, -0.1) is 11.3 Å². The van der Waals surface area contributed by atoms with Crippen LogP contribution in [0, 0.1) is 0 Å². The number of nitrogen functional groups attached to an aromatic ring is 1. The van der Waals surface area contributed by atoms with E-state index < -0.39 is 0 Å².